The predicted molar refractivity (Wildman–Crippen MR) is 83.5 cm³/mol. The molecule has 1 N–H and O–H groups in total. The molecule has 0 fully saturated rings. The van der Waals surface area contributed by atoms with E-state index in [0.717, 1.165) is 3.57 Å². The number of ether oxygens (including phenoxy) is 1. The van der Waals surface area contributed by atoms with Crippen LogP contribution in [-0.4, -0.2) is 18.5 Å². The molecular weight excluding hydrogens is 387 g/mol. The lowest BCUT2D eigenvalue weighted by atomic mass is 10.3. The summed E-state index contributed by atoms with van der Waals surface area (Å²) in [6.07, 6.45) is 1.18. The van der Waals surface area contributed by atoms with E-state index >= 15 is 0 Å². The summed E-state index contributed by atoms with van der Waals surface area (Å²) in [5, 5.41) is 14.0. The van der Waals surface area contributed by atoms with Crippen LogP contribution < -0.4 is 10.0 Å². The molecule has 0 aliphatic rings. The fraction of sp³-hybridized carbons (Fsp3) is 0.0714. The fourth-order valence-corrected chi connectivity index (χ4v) is 2.06. The third kappa shape index (κ3) is 4.15. The maximum Gasteiger partial charge on any atom is 0.405 e. The second-order valence-corrected chi connectivity index (χ2v) is 5.18. The molecule has 7 heteroatoms. The van der Waals surface area contributed by atoms with Crippen molar-refractivity contribution in [2.24, 2.45) is 0 Å². The number of esters is 1. The van der Waals surface area contributed by atoms with Crippen molar-refractivity contribution in [2.75, 3.05) is 11.9 Å². The number of para-hydroxylation sites is 1. The standard InChI is InChI=1S/C14H11IN2O4/c15-10-5-1-2-6-11(10)16-13(18)9-21-14(19)12-7-3-4-8-17(12)20/h1-8H,9H2,(H,16,18). The highest BCUT2D eigenvalue weighted by molar-refractivity contribution is 14.1. The monoisotopic (exact) mass is 398 g/mol. The zero-order chi connectivity index (χ0) is 15.2. The van der Waals surface area contributed by atoms with E-state index in [-0.39, 0.29) is 5.69 Å². The van der Waals surface area contributed by atoms with Gasteiger partial charge in [-0.2, -0.15) is 4.73 Å². The molecule has 1 amide bonds. The highest BCUT2D eigenvalue weighted by Gasteiger charge is 2.18. The molecule has 6 nitrogen and oxygen atoms in total. The Labute approximate surface area is 134 Å². The van der Waals surface area contributed by atoms with Gasteiger partial charge in [0.2, 0.25) is 0 Å². The van der Waals surface area contributed by atoms with Gasteiger partial charge in [-0.1, -0.05) is 12.1 Å². The molecule has 2 aromatic rings. The minimum Gasteiger partial charge on any atom is -0.618 e. The van der Waals surface area contributed by atoms with Crippen molar-refractivity contribution in [1.29, 1.82) is 0 Å². The topological polar surface area (TPSA) is 82.3 Å². The van der Waals surface area contributed by atoms with Crippen molar-refractivity contribution in [3.63, 3.8) is 0 Å². The van der Waals surface area contributed by atoms with Crippen molar-refractivity contribution in [3.05, 3.63) is 63.1 Å². The molecule has 1 aromatic carbocycles. The first-order valence-electron chi connectivity index (χ1n) is 5.97. The Morgan fingerprint density at radius 3 is 2.62 bits per heavy atom. The molecule has 21 heavy (non-hydrogen) atoms. The third-order valence-corrected chi connectivity index (χ3v) is 3.46. The van der Waals surface area contributed by atoms with Gasteiger partial charge in [-0.3, -0.25) is 4.79 Å². The van der Waals surface area contributed by atoms with Crippen molar-refractivity contribution < 1.29 is 19.1 Å². The summed E-state index contributed by atoms with van der Waals surface area (Å²) < 4.78 is 6.07. The van der Waals surface area contributed by atoms with Crippen LogP contribution in [0.2, 0.25) is 0 Å². The summed E-state index contributed by atoms with van der Waals surface area (Å²) in [7, 11) is 0. The number of nitrogens with zero attached hydrogens (tertiary/aromatic N) is 1. The minimum absolute atomic E-state index is 0.167. The Morgan fingerprint density at radius 2 is 1.90 bits per heavy atom. The third-order valence-electron chi connectivity index (χ3n) is 2.52. The van der Waals surface area contributed by atoms with E-state index in [9.17, 15) is 14.8 Å². The van der Waals surface area contributed by atoms with Crippen LogP contribution in [0.3, 0.4) is 0 Å². The van der Waals surface area contributed by atoms with E-state index in [1.54, 1.807) is 12.1 Å². The smallest absolute Gasteiger partial charge is 0.405 e. The number of hydrogen-bond donors (Lipinski definition) is 1. The Balaban J connectivity index is 1.91. The van der Waals surface area contributed by atoms with E-state index in [1.165, 1.54) is 24.4 Å². The molecule has 0 atom stereocenters. The first-order chi connectivity index (χ1) is 10.1. The number of hydrogen-bond acceptors (Lipinski definition) is 4. The molecule has 2 rings (SSSR count). The van der Waals surface area contributed by atoms with Crippen LogP contribution in [0.4, 0.5) is 5.69 Å². The van der Waals surface area contributed by atoms with Crippen LogP contribution in [-0.2, 0) is 9.53 Å². The van der Waals surface area contributed by atoms with Gasteiger partial charge in [0.25, 0.3) is 5.91 Å². The predicted octanol–water partition coefficient (Wildman–Crippen LogP) is 1.72. The number of pyridine rings is 1. The summed E-state index contributed by atoms with van der Waals surface area (Å²) in [6, 6.07) is 11.6. The van der Waals surface area contributed by atoms with Crippen molar-refractivity contribution in [3.8, 4) is 0 Å². The number of amides is 1. The van der Waals surface area contributed by atoms with Gasteiger partial charge in [-0.05, 0) is 40.8 Å². The second kappa shape index (κ2) is 7.02. The van der Waals surface area contributed by atoms with Gasteiger partial charge in [0, 0.05) is 15.7 Å². The zero-order valence-electron chi connectivity index (χ0n) is 10.8. The maximum absolute atomic E-state index is 11.7. The van der Waals surface area contributed by atoms with Crippen molar-refractivity contribution in [2.45, 2.75) is 0 Å². The summed E-state index contributed by atoms with van der Waals surface area (Å²) in [5.41, 5.74) is 0.470. The van der Waals surface area contributed by atoms with Gasteiger partial charge in [-0.15, -0.1) is 0 Å². The molecule has 0 spiro atoms. The minimum atomic E-state index is -0.844. The first kappa shape index (κ1) is 15.2. The van der Waals surface area contributed by atoms with E-state index in [1.807, 2.05) is 12.1 Å². The van der Waals surface area contributed by atoms with E-state index in [4.69, 9.17) is 4.74 Å². The fourth-order valence-electron chi connectivity index (χ4n) is 1.54. The van der Waals surface area contributed by atoms with Crippen LogP contribution in [0.5, 0.6) is 0 Å². The molecule has 0 bridgehead atoms. The molecular formula is C14H11IN2O4. The van der Waals surface area contributed by atoms with Crippen LogP contribution in [0.15, 0.2) is 48.7 Å². The number of carbonyl (C=O) groups is 2. The van der Waals surface area contributed by atoms with Crippen molar-refractivity contribution >= 4 is 40.2 Å². The largest absolute Gasteiger partial charge is 0.618 e. The Morgan fingerprint density at radius 1 is 1.19 bits per heavy atom. The van der Waals surface area contributed by atoms with E-state index in [0.29, 0.717) is 10.4 Å². The number of carbonyl (C=O) groups excluding carboxylic acids is 2. The molecule has 0 radical (unpaired) electrons. The lowest BCUT2D eigenvalue weighted by Crippen LogP contribution is -2.35. The number of nitrogens with one attached hydrogen (secondary N) is 1. The summed E-state index contributed by atoms with van der Waals surface area (Å²) in [4.78, 5) is 23.4. The molecule has 0 aliphatic carbocycles. The van der Waals surface area contributed by atoms with E-state index < -0.39 is 18.5 Å². The molecule has 0 saturated heterocycles. The first-order valence-corrected chi connectivity index (χ1v) is 7.05. The Bertz CT molecular complexity index is 676. The average molecular weight is 398 g/mol. The number of rotatable bonds is 4. The highest BCUT2D eigenvalue weighted by atomic mass is 127. The number of halogens is 1. The van der Waals surface area contributed by atoms with Gasteiger partial charge >= 0.3 is 11.7 Å². The van der Waals surface area contributed by atoms with Gasteiger partial charge in [0.05, 0.1) is 5.69 Å². The number of anilines is 1. The van der Waals surface area contributed by atoms with Gasteiger partial charge < -0.3 is 15.3 Å². The van der Waals surface area contributed by atoms with Crippen LogP contribution in [0.25, 0.3) is 0 Å². The molecule has 0 unspecified atom stereocenters. The number of benzene rings is 1. The molecule has 0 aliphatic heterocycles. The Kier molecular flexibility index (Phi) is 5.09. The van der Waals surface area contributed by atoms with Gasteiger partial charge in [-0.25, -0.2) is 4.79 Å². The molecule has 0 saturated carbocycles. The highest BCUT2D eigenvalue weighted by Crippen LogP contribution is 2.16. The van der Waals surface area contributed by atoms with Crippen molar-refractivity contribution in [1.82, 2.24) is 0 Å². The molecule has 1 aromatic heterocycles. The maximum atomic E-state index is 11.7. The molecule has 1 heterocycles. The number of aromatic nitrogens is 1. The lowest BCUT2D eigenvalue weighted by molar-refractivity contribution is -0.608. The summed E-state index contributed by atoms with van der Waals surface area (Å²) >= 11 is 2.08. The van der Waals surface area contributed by atoms with Crippen LogP contribution >= 0.6 is 22.6 Å². The normalized spacial score (nSPS) is 9.95. The Hall–Kier alpha value is -2.16. The zero-order valence-corrected chi connectivity index (χ0v) is 12.9. The van der Waals surface area contributed by atoms with E-state index in [2.05, 4.69) is 27.9 Å². The van der Waals surface area contributed by atoms with Crippen LogP contribution in [0, 0.1) is 8.78 Å². The van der Waals surface area contributed by atoms with Crippen LogP contribution in [0.1, 0.15) is 10.5 Å². The quantitative estimate of drug-likeness (QED) is 0.368. The SMILES string of the molecule is O=C(COC(=O)c1cccc[n+]1[O-])Nc1ccccc1I. The summed E-state index contributed by atoms with van der Waals surface area (Å²) in [6.45, 7) is -0.460. The van der Waals surface area contributed by atoms with Gasteiger partial charge in [0.15, 0.2) is 12.8 Å². The second-order valence-electron chi connectivity index (χ2n) is 4.02. The van der Waals surface area contributed by atoms with Gasteiger partial charge in [0.1, 0.15) is 0 Å². The average Bonchev–Trinajstić information content (AvgIpc) is 2.48. The molecule has 108 valence electrons. The lowest BCUT2D eigenvalue weighted by Gasteiger charge is -2.08. The summed E-state index contributed by atoms with van der Waals surface area (Å²) in [5.74, 6) is -1.32.